The second kappa shape index (κ2) is 5.69. The molecule has 1 saturated carbocycles. The van der Waals surface area contributed by atoms with E-state index in [0.717, 1.165) is 30.7 Å². The number of amides is 1. The van der Waals surface area contributed by atoms with Crippen LogP contribution in [0.5, 0.6) is 0 Å². The Bertz CT molecular complexity index is 449. The molecule has 0 saturated heterocycles. The number of benzene rings is 1. The number of nitrogens with zero attached hydrogens (tertiary/aromatic N) is 1. The molecule has 0 N–H and O–H groups in total. The average Bonchev–Trinajstić information content (AvgIpc) is 3.13. The van der Waals surface area contributed by atoms with E-state index < -0.39 is 11.6 Å². The second-order valence-electron chi connectivity index (χ2n) is 4.27. The smallest absolute Gasteiger partial charge is 0.233 e. The van der Waals surface area contributed by atoms with Gasteiger partial charge in [0.05, 0.1) is 5.75 Å². The molecule has 18 heavy (non-hydrogen) atoms. The molecule has 98 valence electrons. The number of hydrogen-bond donors (Lipinski definition) is 0. The van der Waals surface area contributed by atoms with Crippen molar-refractivity contribution >= 4 is 17.7 Å². The number of carbonyl (C=O) groups excluding carboxylic acids is 1. The van der Waals surface area contributed by atoms with Gasteiger partial charge in [0.25, 0.3) is 0 Å². The van der Waals surface area contributed by atoms with E-state index in [-0.39, 0.29) is 11.7 Å². The molecule has 0 aliphatic heterocycles. The first-order chi connectivity index (χ1) is 8.61. The maximum absolute atomic E-state index is 13.4. The maximum Gasteiger partial charge on any atom is 0.233 e. The van der Waals surface area contributed by atoms with Gasteiger partial charge in [0.1, 0.15) is 11.6 Å². The summed E-state index contributed by atoms with van der Waals surface area (Å²) >= 11 is 1.12. The number of halogens is 2. The Balaban J connectivity index is 1.92. The molecule has 0 unspecified atom stereocenters. The van der Waals surface area contributed by atoms with Crippen LogP contribution in [0.1, 0.15) is 19.8 Å². The Morgan fingerprint density at radius 2 is 2.17 bits per heavy atom. The first-order valence-corrected chi connectivity index (χ1v) is 6.97. The number of rotatable bonds is 5. The van der Waals surface area contributed by atoms with E-state index in [9.17, 15) is 13.6 Å². The summed E-state index contributed by atoms with van der Waals surface area (Å²) in [6.07, 6.45) is 2.13. The highest BCUT2D eigenvalue weighted by molar-refractivity contribution is 8.00. The molecule has 0 spiro atoms. The maximum atomic E-state index is 13.4. The molecule has 0 heterocycles. The van der Waals surface area contributed by atoms with Gasteiger partial charge in [-0.25, -0.2) is 8.78 Å². The van der Waals surface area contributed by atoms with Crippen molar-refractivity contribution in [2.24, 2.45) is 0 Å². The lowest BCUT2D eigenvalue weighted by Crippen LogP contribution is -2.34. The summed E-state index contributed by atoms with van der Waals surface area (Å²) in [5.74, 6) is -0.986. The van der Waals surface area contributed by atoms with E-state index in [1.807, 2.05) is 11.8 Å². The lowest BCUT2D eigenvalue weighted by atomic mass is 10.3. The van der Waals surface area contributed by atoms with Gasteiger partial charge < -0.3 is 4.90 Å². The minimum absolute atomic E-state index is 0.0220. The van der Waals surface area contributed by atoms with Crippen LogP contribution in [0.4, 0.5) is 8.78 Å². The second-order valence-corrected chi connectivity index (χ2v) is 5.29. The summed E-state index contributed by atoms with van der Waals surface area (Å²) in [4.78, 5) is 14.1. The molecule has 1 fully saturated rings. The van der Waals surface area contributed by atoms with Gasteiger partial charge >= 0.3 is 0 Å². The van der Waals surface area contributed by atoms with Crippen LogP contribution < -0.4 is 0 Å². The lowest BCUT2D eigenvalue weighted by molar-refractivity contribution is -0.128. The van der Waals surface area contributed by atoms with Crippen LogP contribution in [0.2, 0.25) is 0 Å². The molecule has 2 nitrogen and oxygen atoms in total. The van der Waals surface area contributed by atoms with Gasteiger partial charge in [-0.3, -0.25) is 4.79 Å². The van der Waals surface area contributed by atoms with Crippen LogP contribution in [-0.4, -0.2) is 29.1 Å². The first-order valence-electron chi connectivity index (χ1n) is 5.99. The topological polar surface area (TPSA) is 20.3 Å². The standard InChI is InChI=1S/C13H15F2NOS/c1-2-16(10-4-5-10)13(17)8-18-12-6-3-9(14)7-11(12)15/h3,6-7,10H,2,4-5,8H2,1H3. The monoisotopic (exact) mass is 271 g/mol. The Morgan fingerprint density at radius 3 is 2.72 bits per heavy atom. The van der Waals surface area contributed by atoms with E-state index in [0.29, 0.717) is 17.5 Å². The Kier molecular flexibility index (Phi) is 4.22. The normalized spacial score (nSPS) is 14.6. The van der Waals surface area contributed by atoms with Gasteiger partial charge in [0, 0.05) is 23.5 Å². The fourth-order valence-electron chi connectivity index (χ4n) is 1.84. The van der Waals surface area contributed by atoms with Crippen molar-refractivity contribution in [3.8, 4) is 0 Å². The minimum Gasteiger partial charge on any atom is -0.339 e. The molecule has 1 aliphatic carbocycles. The Morgan fingerprint density at radius 1 is 1.44 bits per heavy atom. The molecule has 1 amide bonds. The van der Waals surface area contributed by atoms with Crippen molar-refractivity contribution in [2.75, 3.05) is 12.3 Å². The minimum atomic E-state index is -0.609. The van der Waals surface area contributed by atoms with E-state index >= 15 is 0 Å². The van der Waals surface area contributed by atoms with E-state index in [1.165, 1.54) is 12.1 Å². The van der Waals surface area contributed by atoms with E-state index in [1.54, 1.807) is 0 Å². The largest absolute Gasteiger partial charge is 0.339 e. The molecular formula is C13H15F2NOS. The molecule has 0 atom stereocenters. The zero-order valence-electron chi connectivity index (χ0n) is 10.2. The zero-order chi connectivity index (χ0) is 13.1. The van der Waals surface area contributed by atoms with Crippen LogP contribution in [-0.2, 0) is 4.79 Å². The summed E-state index contributed by atoms with van der Waals surface area (Å²) in [5, 5.41) is 0. The molecular weight excluding hydrogens is 256 g/mol. The van der Waals surface area contributed by atoms with Crippen LogP contribution in [0.3, 0.4) is 0 Å². The van der Waals surface area contributed by atoms with Crippen molar-refractivity contribution in [1.82, 2.24) is 4.90 Å². The zero-order valence-corrected chi connectivity index (χ0v) is 11.0. The van der Waals surface area contributed by atoms with Gasteiger partial charge in [0.15, 0.2) is 0 Å². The molecule has 1 aromatic carbocycles. The van der Waals surface area contributed by atoms with E-state index in [2.05, 4.69) is 0 Å². The predicted octanol–water partition coefficient (Wildman–Crippen LogP) is 3.07. The third-order valence-electron chi connectivity index (χ3n) is 2.89. The van der Waals surface area contributed by atoms with Gasteiger partial charge in [-0.2, -0.15) is 0 Å². The molecule has 1 aliphatic rings. The molecule has 0 aromatic heterocycles. The van der Waals surface area contributed by atoms with Gasteiger partial charge in [-0.15, -0.1) is 11.8 Å². The van der Waals surface area contributed by atoms with Crippen LogP contribution in [0.15, 0.2) is 23.1 Å². The van der Waals surface area contributed by atoms with Gasteiger partial charge in [-0.1, -0.05) is 0 Å². The van der Waals surface area contributed by atoms with Gasteiger partial charge in [-0.05, 0) is 31.9 Å². The predicted molar refractivity (Wildman–Crippen MR) is 67.5 cm³/mol. The lowest BCUT2D eigenvalue weighted by Gasteiger charge is -2.20. The summed E-state index contributed by atoms with van der Waals surface area (Å²) in [5.41, 5.74) is 0. The van der Waals surface area contributed by atoms with Crippen LogP contribution >= 0.6 is 11.8 Å². The number of carbonyl (C=O) groups is 1. The van der Waals surface area contributed by atoms with Crippen molar-refractivity contribution in [3.05, 3.63) is 29.8 Å². The summed E-state index contributed by atoms with van der Waals surface area (Å²) in [7, 11) is 0. The van der Waals surface area contributed by atoms with Crippen LogP contribution in [0.25, 0.3) is 0 Å². The van der Waals surface area contributed by atoms with Crippen molar-refractivity contribution < 1.29 is 13.6 Å². The first kappa shape index (κ1) is 13.3. The Labute approximate surface area is 109 Å². The fourth-order valence-corrected chi connectivity index (χ4v) is 2.64. The summed E-state index contributed by atoms with van der Waals surface area (Å²) < 4.78 is 26.1. The molecule has 0 bridgehead atoms. The van der Waals surface area contributed by atoms with Gasteiger partial charge in [0.2, 0.25) is 5.91 Å². The van der Waals surface area contributed by atoms with Crippen molar-refractivity contribution in [2.45, 2.75) is 30.7 Å². The summed E-state index contributed by atoms with van der Waals surface area (Å²) in [6.45, 7) is 2.63. The summed E-state index contributed by atoms with van der Waals surface area (Å²) in [6, 6.07) is 3.79. The highest BCUT2D eigenvalue weighted by atomic mass is 32.2. The number of hydrogen-bond acceptors (Lipinski definition) is 2. The third-order valence-corrected chi connectivity index (χ3v) is 3.93. The Hall–Kier alpha value is -1.10. The highest BCUT2D eigenvalue weighted by Crippen LogP contribution is 2.28. The van der Waals surface area contributed by atoms with Crippen LogP contribution in [0, 0.1) is 11.6 Å². The van der Waals surface area contributed by atoms with E-state index in [4.69, 9.17) is 0 Å². The third kappa shape index (κ3) is 3.22. The quantitative estimate of drug-likeness (QED) is 0.767. The SMILES string of the molecule is CCN(C(=O)CSc1ccc(F)cc1F)C1CC1. The molecule has 0 radical (unpaired) electrons. The molecule has 5 heteroatoms. The van der Waals surface area contributed by atoms with Crippen molar-refractivity contribution in [1.29, 1.82) is 0 Å². The number of thioether (sulfide) groups is 1. The molecule has 1 aromatic rings. The molecule has 2 rings (SSSR count). The highest BCUT2D eigenvalue weighted by Gasteiger charge is 2.31. The average molecular weight is 271 g/mol. The van der Waals surface area contributed by atoms with Crippen molar-refractivity contribution in [3.63, 3.8) is 0 Å². The fraction of sp³-hybridized carbons (Fsp3) is 0.462.